The molecular weight excluding hydrogens is 152 g/mol. The van der Waals surface area contributed by atoms with E-state index >= 15 is 0 Å². The summed E-state index contributed by atoms with van der Waals surface area (Å²) in [5.41, 5.74) is 1.18. The van der Waals surface area contributed by atoms with Crippen LogP contribution in [0.15, 0.2) is 12.5 Å². The Morgan fingerprint density at radius 1 is 1.42 bits per heavy atom. The van der Waals surface area contributed by atoms with Crippen LogP contribution in [-0.4, -0.2) is 15.8 Å². The molecule has 2 rings (SSSR count). The molecule has 0 saturated heterocycles. The molecule has 0 atom stereocenters. The molecular formula is C9H12N2O. The average molecular weight is 164 g/mol. The van der Waals surface area contributed by atoms with Crippen LogP contribution in [0, 0.1) is 0 Å². The minimum atomic E-state index is 0.408. The van der Waals surface area contributed by atoms with E-state index in [4.69, 9.17) is 0 Å². The number of ketones is 1. The zero-order valence-electron chi connectivity index (χ0n) is 6.92. The van der Waals surface area contributed by atoms with E-state index in [1.165, 1.54) is 5.69 Å². The fourth-order valence-corrected chi connectivity index (χ4v) is 1.74. The molecule has 0 unspecified atom stereocenters. The topological polar surface area (TPSA) is 45.8 Å². The van der Waals surface area contributed by atoms with E-state index in [-0.39, 0.29) is 0 Å². The fourth-order valence-electron chi connectivity index (χ4n) is 1.74. The molecule has 0 spiro atoms. The van der Waals surface area contributed by atoms with Crippen LogP contribution >= 0.6 is 0 Å². The van der Waals surface area contributed by atoms with Gasteiger partial charge in [0.25, 0.3) is 0 Å². The number of hydrogen-bond donors (Lipinski definition) is 1. The Balaban J connectivity index is 2.03. The summed E-state index contributed by atoms with van der Waals surface area (Å²) in [6, 6.07) is 0. The van der Waals surface area contributed by atoms with Gasteiger partial charge in [-0.1, -0.05) is 0 Å². The van der Waals surface area contributed by atoms with Crippen molar-refractivity contribution in [2.24, 2.45) is 0 Å². The monoisotopic (exact) mass is 164 g/mol. The third-order valence-corrected chi connectivity index (χ3v) is 2.50. The smallest absolute Gasteiger partial charge is 0.132 e. The summed E-state index contributed by atoms with van der Waals surface area (Å²) in [4.78, 5) is 18.0. The van der Waals surface area contributed by atoms with Crippen LogP contribution in [0.1, 0.15) is 37.3 Å². The Labute approximate surface area is 71.2 Å². The van der Waals surface area contributed by atoms with Gasteiger partial charge in [-0.3, -0.25) is 4.79 Å². The van der Waals surface area contributed by atoms with Crippen LogP contribution in [-0.2, 0) is 4.79 Å². The lowest BCUT2D eigenvalue weighted by Gasteiger charge is -2.18. The molecule has 0 bridgehead atoms. The third kappa shape index (κ3) is 1.40. The van der Waals surface area contributed by atoms with Crippen LogP contribution < -0.4 is 0 Å². The number of carbonyl (C=O) groups excluding carboxylic acids is 1. The SMILES string of the molecule is O=C1CCC(c2cnc[nH]2)CC1. The largest absolute Gasteiger partial charge is 0.348 e. The highest BCUT2D eigenvalue weighted by atomic mass is 16.1. The molecule has 1 heterocycles. The molecule has 1 saturated carbocycles. The summed E-state index contributed by atoms with van der Waals surface area (Å²) in [5.74, 6) is 0.941. The van der Waals surface area contributed by atoms with Crippen molar-refractivity contribution in [3.05, 3.63) is 18.2 Å². The summed E-state index contributed by atoms with van der Waals surface area (Å²) in [6.07, 6.45) is 7.02. The maximum absolute atomic E-state index is 11.0. The number of nitrogens with zero attached hydrogens (tertiary/aromatic N) is 1. The predicted octanol–water partition coefficient (Wildman–Crippen LogP) is 1.64. The van der Waals surface area contributed by atoms with Crippen molar-refractivity contribution in [2.45, 2.75) is 31.6 Å². The first-order valence-electron chi connectivity index (χ1n) is 4.36. The van der Waals surface area contributed by atoms with E-state index in [0.717, 1.165) is 25.7 Å². The molecule has 1 fully saturated rings. The van der Waals surface area contributed by atoms with Gasteiger partial charge in [0.1, 0.15) is 5.78 Å². The third-order valence-electron chi connectivity index (χ3n) is 2.50. The van der Waals surface area contributed by atoms with Gasteiger partial charge in [0, 0.05) is 30.7 Å². The first-order valence-corrected chi connectivity index (χ1v) is 4.36. The number of nitrogens with one attached hydrogen (secondary N) is 1. The zero-order chi connectivity index (χ0) is 8.39. The predicted molar refractivity (Wildman–Crippen MR) is 44.8 cm³/mol. The molecule has 0 amide bonds. The molecule has 0 aromatic carbocycles. The van der Waals surface area contributed by atoms with E-state index in [2.05, 4.69) is 9.97 Å². The molecule has 12 heavy (non-hydrogen) atoms. The number of H-pyrrole nitrogens is 1. The van der Waals surface area contributed by atoms with Crippen molar-refractivity contribution in [1.82, 2.24) is 9.97 Å². The molecule has 1 N–H and O–H groups in total. The van der Waals surface area contributed by atoms with E-state index in [1.807, 2.05) is 6.20 Å². The van der Waals surface area contributed by atoms with Gasteiger partial charge < -0.3 is 4.98 Å². The molecule has 3 nitrogen and oxygen atoms in total. The summed E-state index contributed by atoms with van der Waals surface area (Å²) in [7, 11) is 0. The summed E-state index contributed by atoms with van der Waals surface area (Å²) >= 11 is 0. The van der Waals surface area contributed by atoms with Crippen molar-refractivity contribution < 1.29 is 4.79 Å². The van der Waals surface area contributed by atoms with Crippen molar-refractivity contribution in [2.75, 3.05) is 0 Å². The van der Waals surface area contributed by atoms with Crippen LogP contribution in [0.25, 0.3) is 0 Å². The Kier molecular flexibility index (Phi) is 1.94. The van der Waals surface area contributed by atoms with Crippen LogP contribution in [0.2, 0.25) is 0 Å². The van der Waals surface area contributed by atoms with Gasteiger partial charge in [-0.25, -0.2) is 4.98 Å². The van der Waals surface area contributed by atoms with Crippen molar-refractivity contribution in [1.29, 1.82) is 0 Å². The van der Waals surface area contributed by atoms with Crippen LogP contribution in [0.4, 0.5) is 0 Å². The van der Waals surface area contributed by atoms with Gasteiger partial charge in [0.2, 0.25) is 0 Å². The van der Waals surface area contributed by atoms with Gasteiger partial charge in [0.05, 0.1) is 6.33 Å². The number of Topliss-reactive ketones (excluding diaryl/α,β-unsaturated/α-hetero) is 1. The maximum atomic E-state index is 11.0. The molecule has 1 aliphatic rings. The molecule has 0 radical (unpaired) electrons. The number of rotatable bonds is 1. The molecule has 1 aliphatic carbocycles. The Hall–Kier alpha value is -1.12. The lowest BCUT2D eigenvalue weighted by Crippen LogP contribution is -2.12. The second kappa shape index (κ2) is 3.09. The normalized spacial score (nSPS) is 19.8. The molecule has 0 aliphatic heterocycles. The molecule has 64 valence electrons. The molecule has 3 heteroatoms. The second-order valence-electron chi connectivity index (χ2n) is 3.32. The lowest BCUT2D eigenvalue weighted by atomic mass is 9.86. The van der Waals surface area contributed by atoms with Gasteiger partial charge in [0.15, 0.2) is 0 Å². The number of aromatic nitrogens is 2. The van der Waals surface area contributed by atoms with Gasteiger partial charge in [-0.2, -0.15) is 0 Å². The number of carbonyl (C=O) groups is 1. The Morgan fingerprint density at radius 3 is 2.75 bits per heavy atom. The van der Waals surface area contributed by atoms with Gasteiger partial charge in [-0.15, -0.1) is 0 Å². The number of hydrogen-bond acceptors (Lipinski definition) is 2. The highest BCUT2D eigenvalue weighted by Crippen LogP contribution is 2.29. The first-order chi connectivity index (χ1) is 5.86. The molecule has 1 aromatic rings. The minimum Gasteiger partial charge on any atom is -0.348 e. The van der Waals surface area contributed by atoms with E-state index in [1.54, 1.807) is 6.33 Å². The standard InChI is InChI=1S/C9H12N2O/c12-8-3-1-7(2-4-8)9-5-10-6-11-9/h5-7H,1-4H2,(H,10,11). The average Bonchev–Trinajstić information content (AvgIpc) is 2.58. The van der Waals surface area contributed by atoms with E-state index < -0.39 is 0 Å². The minimum absolute atomic E-state index is 0.408. The summed E-state index contributed by atoms with van der Waals surface area (Å²) in [5, 5.41) is 0. The lowest BCUT2D eigenvalue weighted by molar-refractivity contribution is -0.120. The van der Waals surface area contributed by atoms with E-state index in [0.29, 0.717) is 11.7 Å². The quantitative estimate of drug-likeness (QED) is 0.685. The van der Waals surface area contributed by atoms with Crippen LogP contribution in [0.3, 0.4) is 0 Å². The second-order valence-corrected chi connectivity index (χ2v) is 3.32. The maximum Gasteiger partial charge on any atom is 0.132 e. The van der Waals surface area contributed by atoms with Gasteiger partial charge in [-0.05, 0) is 12.8 Å². The summed E-state index contributed by atoms with van der Waals surface area (Å²) < 4.78 is 0. The van der Waals surface area contributed by atoms with Crippen LogP contribution in [0.5, 0.6) is 0 Å². The fraction of sp³-hybridized carbons (Fsp3) is 0.556. The van der Waals surface area contributed by atoms with Crippen molar-refractivity contribution in [3.8, 4) is 0 Å². The Morgan fingerprint density at radius 2 is 2.17 bits per heavy atom. The zero-order valence-corrected chi connectivity index (χ0v) is 6.92. The molecule has 1 aromatic heterocycles. The van der Waals surface area contributed by atoms with Gasteiger partial charge >= 0.3 is 0 Å². The summed E-state index contributed by atoms with van der Waals surface area (Å²) in [6.45, 7) is 0. The van der Waals surface area contributed by atoms with Crippen molar-refractivity contribution in [3.63, 3.8) is 0 Å². The Bertz CT molecular complexity index is 256. The number of imidazole rings is 1. The number of aromatic amines is 1. The van der Waals surface area contributed by atoms with E-state index in [9.17, 15) is 4.79 Å². The van der Waals surface area contributed by atoms with Crippen molar-refractivity contribution >= 4 is 5.78 Å². The highest BCUT2D eigenvalue weighted by Gasteiger charge is 2.20. The first kappa shape index (κ1) is 7.53. The highest BCUT2D eigenvalue weighted by molar-refractivity contribution is 5.79.